The van der Waals surface area contributed by atoms with Gasteiger partial charge in [0.15, 0.2) is 0 Å². The topological polar surface area (TPSA) is 89.0 Å². The molecule has 0 amide bonds. The van der Waals surface area contributed by atoms with Crippen LogP contribution < -0.4 is 22.1 Å². The quantitative estimate of drug-likeness (QED) is 0.220. The molecule has 0 aliphatic carbocycles. The molecule has 0 saturated carbocycles. The maximum atomic E-state index is 6.56. The summed E-state index contributed by atoms with van der Waals surface area (Å²) in [5.74, 6) is 1.49. The number of allylic oxidation sites excluding steroid dienone is 3. The summed E-state index contributed by atoms with van der Waals surface area (Å²) in [6.07, 6.45) is 14.7. The number of hydrogen-bond donors (Lipinski definition) is 4. The molecular weight excluding hydrogens is 406 g/mol. The molecule has 1 aromatic heterocycles. The van der Waals surface area contributed by atoms with E-state index >= 15 is 0 Å². The first-order valence-electron chi connectivity index (χ1n) is 12.0. The Hall–Kier alpha value is -3.21. The van der Waals surface area contributed by atoms with Crippen LogP contribution in [0.25, 0.3) is 5.70 Å². The maximum Gasteiger partial charge on any atom is 0.129 e. The predicted octanol–water partition coefficient (Wildman–Crippen LogP) is 6.11. The van der Waals surface area contributed by atoms with Crippen molar-refractivity contribution in [3.63, 3.8) is 0 Å². The van der Waals surface area contributed by atoms with Crippen LogP contribution in [0.5, 0.6) is 0 Å². The van der Waals surface area contributed by atoms with E-state index in [1.807, 2.05) is 7.05 Å². The summed E-state index contributed by atoms with van der Waals surface area (Å²) < 4.78 is 0. The maximum absolute atomic E-state index is 6.56. The van der Waals surface area contributed by atoms with Crippen molar-refractivity contribution in [1.29, 1.82) is 0 Å². The van der Waals surface area contributed by atoms with Crippen LogP contribution in [0.3, 0.4) is 0 Å². The second-order valence-electron chi connectivity index (χ2n) is 8.42. The molecule has 1 unspecified atom stereocenters. The average molecular weight is 448 g/mol. The van der Waals surface area contributed by atoms with Crippen molar-refractivity contribution in [2.45, 2.75) is 65.2 Å². The van der Waals surface area contributed by atoms with Crippen LogP contribution in [0, 0.1) is 0 Å². The number of unbranched alkanes of at least 4 members (excludes halogenated alkanes) is 3. The number of nitrogens with one attached hydrogen (secondary N) is 2. The Morgan fingerprint density at radius 1 is 1.09 bits per heavy atom. The van der Waals surface area contributed by atoms with Gasteiger partial charge in [-0.2, -0.15) is 0 Å². The zero-order valence-electron chi connectivity index (χ0n) is 20.7. The molecule has 2 aromatic rings. The number of hydrogen-bond acceptors (Lipinski definition) is 5. The fourth-order valence-electron chi connectivity index (χ4n) is 3.74. The summed E-state index contributed by atoms with van der Waals surface area (Å²) in [7, 11) is 1.91. The lowest BCUT2D eigenvalue weighted by molar-refractivity contribution is 0.813. The fourth-order valence-corrected chi connectivity index (χ4v) is 3.74. The number of rotatable bonds is 13. The van der Waals surface area contributed by atoms with Crippen molar-refractivity contribution in [2.75, 3.05) is 18.5 Å². The lowest BCUT2D eigenvalue weighted by Crippen LogP contribution is -2.21. The minimum atomic E-state index is 0.0362. The monoisotopic (exact) mass is 447 g/mol. The Kier molecular flexibility index (Phi) is 10.5. The normalized spacial score (nSPS) is 12.7. The first kappa shape index (κ1) is 26.0. The molecule has 2 rings (SSSR count). The number of nitrogens with two attached hydrogens (primary N) is 2. The van der Waals surface area contributed by atoms with Crippen LogP contribution in [0.15, 0.2) is 61.1 Å². The minimum Gasteiger partial charge on any atom is -0.398 e. The van der Waals surface area contributed by atoms with Crippen LogP contribution in [-0.2, 0) is 6.42 Å². The van der Waals surface area contributed by atoms with Crippen LogP contribution in [0.2, 0.25) is 0 Å². The highest BCUT2D eigenvalue weighted by molar-refractivity contribution is 5.66. The Balaban J connectivity index is 2.17. The van der Waals surface area contributed by atoms with Gasteiger partial charge >= 0.3 is 0 Å². The Morgan fingerprint density at radius 2 is 1.82 bits per heavy atom. The highest BCUT2D eigenvalue weighted by Gasteiger charge is 2.18. The molecule has 33 heavy (non-hydrogen) atoms. The van der Waals surface area contributed by atoms with Gasteiger partial charge < -0.3 is 22.1 Å². The third-order valence-electron chi connectivity index (χ3n) is 5.88. The van der Waals surface area contributed by atoms with E-state index in [1.165, 1.54) is 12.8 Å². The van der Waals surface area contributed by atoms with Gasteiger partial charge in [0.2, 0.25) is 0 Å². The van der Waals surface area contributed by atoms with E-state index in [1.54, 1.807) is 6.20 Å². The lowest BCUT2D eigenvalue weighted by Gasteiger charge is -2.19. The van der Waals surface area contributed by atoms with Crippen LogP contribution in [-0.4, -0.2) is 12.0 Å². The van der Waals surface area contributed by atoms with Gasteiger partial charge in [-0.1, -0.05) is 83.0 Å². The smallest absolute Gasteiger partial charge is 0.129 e. The summed E-state index contributed by atoms with van der Waals surface area (Å²) in [4.78, 5) is 4.44. The number of pyridine rings is 1. The Labute approximate surface area is 200 Å². The molecule has 0 radical (unpaired) electrons. The van der Waals surface area contributed by atoms with E-state index in [0.29, 0.717) is 5.82 Å². The van der Waals surface area contributed by atoms with Gasteiger partial charge in [-0.05, 0) is 42.0 Å². The number of nitrogens with zero attached hydrogens (tertiary/aromatic N) is 1. The zero-order valence-corrected chi connectivity index (χ0v) is 20.7. The molecular formula is C28H41N5. The molecule has 0 fully saturated rings. The molecule has 6 N–H and O–H groups in total. The third-order valence-corrected chi connectivity index (χ3v) is 5.88. The Bertz CT molecular complexity index is 957. The number of benzene rings is 1. The lowest BCUT2D eigenvalue weighted by atomic mass is 9.90. The summed E-state index contributed by atoms with van der Waals surface area (Å²) in [6.45, 7) is 10.7. The highest BCUT2D eigenvalue weighted by atomic mass is 15.1. The standard InChI is InChI=1S/C28H41N5/c1-6-8-10-11-12-13-24-19-32-28(30)26(27(24)29)20(3)22-15-17-23(18-16-22)21(4)33-25(31-5)14-9-7-2/h11-12,14-20,31,33H,4,6-10,13H2,1-3,5H3,(H4,29,30,32)/b12-11-,25-14+. The van der Waals surface area contributed by atoms with Crippen LogP contribution in [0.4, 0.5) is 11.5 Å². The van der Waals surface area contributed by atoms with Gasteiger partial charge in [-0.3, -0.25) is 0 Å². The van der Waals surface area contributed by atoms with Gasteiger partial charge in [0.1, 0.15) is 5.82 Å². The minimum absolute atomic E-state index is 0.0362. The van der Waals surface area contributed by atoms with Crippen molar-refractivity contribution < 1.29 is 0 Å². The number of nitrogen functional groups attached to an aromatic ring is 2. The zero-order chi connectivity index (χ0) is 24.2. The van der Waals surface area contributed by atoms with Crippen molar-refractivity contribution in [3.05, 3.63) is 83.3 Å². The molecule has 1 aromatic carbocycles. The van der Waals surface area contributed by atoms with Gasteiger partial charge in [0.25, 0.3) is 0 Å². The molecule has 0 spiro atoms. The second-order valence-corrected chi connectivity index (χ2v) is 8.42. The Morgan fingerprint density at radius 3 is 2.45 bits per heavy atom. The van der Waals surface area contributed by atoms with E-state index in [0.717, 1.165) is 65.1 Å². The first-order valence-corrected chi connectivity index (χ1v) is 12.0. The highest BCUT2D eigenvalue weighted by Crippen LogP contribution is 2.34. The molecule has 0 aliphatic heterocycles. The summed E-state index contributed by atoms with van der Waals surface area (Å²) in [5.41, 5.74) is 18.5. The van der Waals surface area contributed by atoms with Crippen molar-refractivity contribution >= 4 is 17.2 Å². The predicted molar refractivity (Wildman–Crippen MR) is 144 cm³/mol. The number of anilines is 2. The van der Waals surface area contributed by atoms with E-state index < -0.39 is 0 Å². The van der Waals surface area contributed by atoms with Crippen molar-refractivity contribution in [1.82, 2.24) is 15.6 Å². The summed E-state index contributed by atoms with van der Waals surface area (Å²) >= 11 is 0. The van der Waals surface area contributed by atoms with Crippen molar-refractivity contribution in [3.8, 4) is 0 Å². The second kappa shape index (κ2) is 13.4. The molecule has 1 atom stereocenters. The van der Waals surface area contributed by atoms with Gasteiger partial charge in [-0.15, -0.1) is 0 Å². The number of aromatic nitrogens is 1. The fraction of sp³-hybridized carbons (Fsp3) is 0.393. The van der Waals surface area contributed by atoms with E-state index in [9.17, 15) is 0 Å². The van der Waals surface area contributed by atoms with Gasteiger partial charge in [0.05, 0.1) is 5.82 Å². The SMILES string of the molecule is C=C(N/C(=C/CCC)NC)c1ccc(C(C)c2c(N)ncc(C/C=C\CCCC)c2N)cc1. The first-order chi connectivity index (χ1) is 15.9. The van der Waals surface area contributed by atoms with E-state index in [4.69, 9.17) is 11.5 Å². The summed E-state index contributed by atoms with van der Waals surface area (Å²) in [6, 6.07) is 8.37. The van der Waals surface area contributed by atoms with Crippen LogP contribution >= 0.6 is 0 Å². The molecule has 0 aliphatic rings. The molecule has 0 bridgehead atoms. The molecule has 5 nitrogen and oxygen atoms in total. The average Bonchev–Trinajstić information content (AvgIpc) is 2.82. The third kappa shape index (κ3) is 7.41. The van der Waals surface area contributed by atoms with E-state index in [-0.39, 0.29) is 5.92 Å². The van der Waals surface area contributed by atoms with E-state index in [2.05, 4.69) is 85.5 Å². The molecule has 1 heterocycles. The van der Waals surface area contributed by atoms with Gasteiger partial charge in [-0.25, -0.2) is 4.98 Å². The molecule has 5 heteroatoms. The molecule has 178 valence electrons. The summed E-state index contributed by atoms with van der Waals surface area (Å²) in [5, 5.41) is 6.54. The largest absolute Gasteiger partial charge is 0.398 e. The van der Waals surface area contributed by atoms with Gasteiger partial charge in [0, 0.05) is 36.1 Å². The van der Waals surface area contributed by atoms with Crippen LogP contribution in [0.1, 0.15) is 81.0 Å². The molecule has 0 saturated heterocycles. The van der Waals surface area contributed by atoms with Crippen molar-refractivity contribution in [2.24, 2.45) is 0 Å².